The van der Waals surface area contributed by atoms with Crippen LogP contribution in [0.2, 0.25) is 0 Å². The summed E-state index contributed by atoms with van der Waals surface area (Å²) in [7, 11) is 3.93. The highest BCUT2D eigenvalue weighted by atomic mass is 79.9. The average Bonchev–Trinajstić information content (AvgIpc) is 3.31. The van der Waals surface area contributed by atoms with E-state index in [0.29, 0.717) is 40.2 Å². The third-order valence-electron chi connectivity index (χ3n) is 9.33. The Labute approximate surface area is 273 Å². The van der Waals surface area contributed by atoms with Crippen molar-refractivity contribution in [1.82, 2.24) is 0 Å². The number of Topliss-reactive ketones (excluding diaryl/α,β-unsaturated/α-hetero) is 1. The molecule has 4 atom stereocenters. The lowest BCUT2D eigenvalue weighted by Crippen LogP contribution is -2.39. The zero-order valence-corrected chi connectivity index (χ0v) is 26.6. The lowest BCUT2D eigenvalue weighted by Gasteiger charge is -2.42. The highest BCUT2D eigenvalue weighted by molar-refractivity contribution is 9.12. The summed E-state index contributed by atoms with van der Waals surface area (Å²) >= 11 is 3.24. The van der Waals surface area contributed by atoms with Crippen molar-refractivity contribution in [3.8, 4) is 5.75 Å². The largest absolute Gasteiger partial charge is 0.508 e. The Morgan fingerprint density at radius 2 is 1.50 bits per heavy atom. The van der Waals surface area contributed by atoms with Crippen LogP contribution in [-0.2, 0) is 19.2 Å². The van der Waals surface area contributed by atoms with Crippen LogP contribution in [0.15, 0.2) is 116 Å². The molecule has 0 bridgehead atoms. The monoisotopic (exact) mass is 676 g/mol. The number of benzene rings is 3. The summed E-state index contributed by atoms with van der Waals surface area (Å²) in [5, 5.41) is 19.5. The van der Waals surface area contributed by atoms with E-state index < -0.39 is 23.7 Å². The molecule has 3 aliphatic carbocycles. The summed E-state index contributed by atoms with van der Waals surface area (Å²) in [5.41, 5.74) is 4.66. The van der Waals surface area contributed by atoms with Gasteiger partial charge in [-0.2, -0.15) is 10.2 Å². The molecule has 1 saturated heterocycles. The van der Waals surface area contributed by atoms with Crippen LogP contribution in [0.1, 0.15) is 24.3 Å². The smallest absolute Gasteiger partial charge is 0.238 e. The minimum atomic E-state index is -0.716. The van der Waals surface area contributed by atoms with Crippen LogP contribution in [-0.4, -0.2) is 42.6 Å². The summed E-state index contributed by atoms with van der Waals surface area (Å²) in [6.45, 7) is 0. The number of azo groups is 1. The normalized spacial score (nSPS) is 24.1. The van der Waals surface area contributed by atoms with Gasteiger partial charge >= 0.3 is 0 Å². The van der Waals surface area contributed by atoms with Gasteiger partial charge in [-0.1, -0.05) is 29.8 Å². The Morgan fingerprint density at radius 3 is 2.15 bits per heavy atom. The Hall–Kier alpha value is -4.96. The molecule has 1 N–H and O–H groups in total. The molecule has 0 saturated carbocycles. The summed E-state index contributed by atoms with van der Waals surface area (Å²) < 4.78 is 0.158. The van der Waals surface area contributed by atoms with Crippen molar-refractivity contribution >= 4 is 62.1 Å². The van der Waals surface area contributed by atoms with Crippen LogP contribution in [0.3, 0.4) is 0 Å². The van der Waals surface area contributed by atoms with Gasteiger partial charge in [0.15, 0.2) is 11.6 Å². The first-order valence-electron chi connectivity index (χ1n) is 15.0. The van der Waals surface area contributed by atoms with Crippen molar-refractivity contribution in [2.24, 2.45) is 28.0 Å². The fourth-order valence-corrected chi connectivity index (χ4v) is 7.60. The molecule has 2 amide bonds. The molecule has 0 unspecified atom stereocenters. The first-order chi connectivity index (χ1) is 22.1. The second-order valence-corrected chi connectivity index (χ2v) is 12.9. The molecule has 230 valence electrons. The maximum Gasteiger partial charge on any atom is 0.238 e. The van der Waals surface area contributed by atoms with Gasteiger partial charge in [0.1, 0.15) is 5.75 Å². The number of rotatable bonds is 5. The molecule has 1 aliphatic heterocycles. The van der Waals surface area contributed by atoms with Crippen molar-refractivity contribution in [3.63, 3.8) is 0 Å². The van der Waals surface area contributed by atoms with Crippen molar-refractivity contribution < 1.29 is 24.3 Å². The lowest BCUT2D eigenvalue weighted by molar-refractivity contribution is -0.123. The quantitative estimate of drug-likeness (QED) is 0.137. The number of hydrogen-bond acceptors (Lipinski definition) is 8. The highest BCUT2D eigenvalue weighted by Gasteiger charge is 2.56. The van der Waals surface area contributed by atoms with Crippen LogP contribution in [0, 0.1) is 17.8 Å². The molecule has 9 nitrogen and oxygen atoms in total. The summed E-state index contributed by atoms with van der Waals surface area (Å²) in [4.78, 5) is 57.9. The van der Waals surface area contributed by atoms with E-state index in [4.69, 9.17) is 0 Å². The maximum atomic E-state index is 14.2. The molecular formula is C36H29BrN4O5. The maximum absolute atomic E-state index is 14.2. The van der Waals surface area contributed by atoms with Gasteiger partial charge in [-0.25, -0.2) is 0 Å². The Morgan fingerprint density at radius 1 is 0.848 bits per heavy atom. The summed E-state index contributed by atoms with van der Waals surface area (Å²) in [5.74, 6) is -3.79. The van der Waals surface area contributed by atoms with Crippen LogP contribution >= 0.6 is 15.9 Å². The molecule has 3 aromatic carbocycles. The third-order valence-corrected chi connectivity index (χ3v) is 9.92. The van der Waals surface area contributed by atoms with Crippen molar-refractivity contribution in [3.05, 3.63) is 112 Å². The SMILES string of the molecule is CN(C)c1ccc(N=Nc2ccc(N3C(=O)[C@H]4[C@H](CC=C5[C@H](c6ccccc6O)C6=C(C[C@H]54)C(=O)C(Br)=CC6=O)C3=O)cc2)cc1. The third kappa shape index (κ3) is 4.84. The number of carbonyl (C=O) groups is 4. The van der Waals surface area contributed by atoms with Crippen LogP contribution in [0.25, 0.3) is 0 Å². The number of para-hydroxylation sites is 1. The molecule has 7 rings (SSSR count). The van der Waals surface area contributed by atoms with Gasteiger partial charge in [0.2, 0.25) is 11.8 Å². The number of phenolic OH excluding ortho intramolecular Hbond substituents is 1. The second kappa shape index (κ2) is 11.4. The zero-order chi connectivity index (χ0) is 32.3. The van der Waals surface area contributed by atoms with Gasteiger partial charge < -0.3 is 10.0 Å². The second-order valence-electron chi connectivity index (χ2n) is 12.1. The predicted molar refractivity (Wildman–Crippen MR) is 177 cm³/mol. The van der Waals surface area contributed by atoms with E-state index in [1.807, 2.05) is 49.3 Å². The van der Waals surface area contributed by atoms with E-state index in [2.05, 4.69) is 26.2 Å². The van der Waals surface area contributed by atoms with Gasteiger partial charge in [-0.15, -0.1) is 0 Å². The number of fused-ring (bicyclic) bond motifs is 3. The number of allylic oxidation sites excluding steroid dienone is 6. The molecule has 10 heteroatoms. The number of phenols is 1. The first kappa shape index (κ1) is 29.7. The molecule has 0 spiro atoms. The van der Waals surface area contributed by atoms with E-state index in [1.54, 1.807) is 48.5 Å². The Bertz CT molecular complexity index is 1940. The average molecular weight is 678 g/mol. The lowest BCUT2D eigenvalue weighted by atomic mass is 9.59. The number of halogens is 1. The molecule has 1 fully saturated rings. The number of amides is 2. The topological polar surface area (TPSA) is 120 Å². The number of anilines is 2. The molecule has 4 aliphatic rings. The van der Waals surface area contributed by atoms with E-state index in [9.17, 15) is 24.3 Å². The number of hydrogen-bond donors (Lipinski definition) is 1. The number of ketones is 2. The number of aromatic hydroxyl groups is 1. The standard InChI is InChI=1S/C36H29BrN4O5/c1-40(2)21-11-7-19(8-12-21)38-39-20-9-13-22(14-10-20)41-35(45)25-16-15-23-26(32(25)36(41)46)17-27-33(30(43)18-28(37)34(27)44)31(23)24-5-3-4-6-29(24)42/h3-15,18,25-26,31-32,42H,16-17H2,1-2H3/t25-,26+,31+,32-/m0/s1. The van der Waals surface area contributed by atoms with Gasteiger partial charge in [0, 0.05) is 48.5 Å². The minimum absolute atomic E-state index is 0.00448. The van der Waals surface area contributed by atoms with Gasteiger partial charge in [-0.05, 0) is 89.3 Å². The molecule has 1 heterocycles. The number of imide groups is 1. The molecule has 0 radical (unpaired) electrons. The molecule has 0 aromatic heterocycles. The van der Waals surface area contributed by atoms with Crippen LogP contribution in [0.5, 0.6) is 5.75 Å². The van der Waals surface area contributed by atoms with Gasteiger partial charge in [0.25, 0.3) is 0 Å². The Kier molecular flexibility index (Phi) is 7.39. The summed E-state index contributed by atoms with van der Waals surface area (Å²) in [6, 6.07) is 21.2. The molecule has 3 aromatic rings. The van der Waals surface area contributed by atoms with Gasteiger partial charge in [-0.3, -0.25) is 24.1 Å². The van der Waals surface area contributed by atoms with E-state index in [0.717, 1.165) is 11.3 Å². The number of nitrogens with zero attached hydrogens (tertiary/aromatic N) is 4. The van der Waals surface area contributed by atoms with E-state index >= 15 is 0 Å². The van der Waals surface area contributed by atoms with Crippen LogP contribution in [0.4, 0.5) is 22.7 Å². The Balaban J connectivity index is 1.19. The fraction of sp³-hybridized carbons (Fsp3) is 0.222. The van der Waals surface area contributed by atoms with Crippen molar-refractivity contribution in [1.29, 1.82) is 0 Å². The fourth-order valence-electron chi connectivity index (χ4n) is 7.15. The van der Waals surface area contributed by atoms with Crippen molar-refractivity contribution in [2.45, 2.75) is 18.8 Å². The zero-order valence-electron chi connectivity index (χ0n) is 25.1. The van der Waals surface area contributed by atoms with E-state index in [-0.39, 0.29) is 40.0 Å². The van der Waals surface area contributed by atoms with E-state index in [1.165, 1.54) is 11.0 Å². The van der Waals surface area contributed by atoms with Gasteiger partial charge in [0.05, 0.1) is 33.4 Å². The van der Waals surface area contributed by atoms with Crippen LogP contribution < -0.4 is 9.80 Å². The minimum Gasteiger partial charge on any atom is -0.508 e. The molecular weight excluding hydrogens is 648 g/mol. The first-order valence-corrected chi connectivity index (χ1v) is 15.8. The number of carbonyl (C=O) groups excluding carboxylic acids is 4. The van der Waals surface area contributed by atoms with Crippen molar-refractivity contribution in [2.75, 3.05) is 23.9 Å². The highest BCUT2D eigenvalue weighted by Crippen LogP contribution is 2.56. The summed E-state index contributed by atoms with van der Waals surface area (Å²) in [6.07, 6.45) is 3.67. The predicted octanol–water partition coefficient (Wildman–Crippen LogP) is 6.84. The molecule has 46 heavy (non-hydrogen) atoms.